The van der Waals surface area contributed by atoms with Gasteiger partial charge in [-0.1, -0.05) is 22.9 Å². The van der Waals surface area contributed by atoms with E-state index in [1.54, 1.807) is 0 Å². The highest BCUT2D eigenvalue weighted by Gasteiger charge is 2.23. The second-order valence-corrected chi connectivity index (χ2v) is 6.24. The molecule has 1 saturated heterocycles. The minimum absolute atomic E-state index is 0.130. The van der Waals surface area contributed by atoms with E-state index in [0.29, 0.717) is 0 Å². The van der Waals surface area contributed by atoms with Gasteiger partial charge in [-0.15, -0.1) is 0 Å². The molecule has 23 heavy (non-hydrogen) atoms. The van der Waals surface area contributed by atoms with Gasteiger partial charge in [0.05, 0.1) is 5.69 Å². The Hall–Kier alpha value is -2.14. The topological polar surface area (TPSA) is 49.6 Å². The molecule has 1 amide bonds. The number of aryl methyl sites for hydroxylation is 3. The van der Waals surface area contributed by atoms with Gasteiger partial charge < -0.3 is 9.42 Å². The monoisotopic (exact) mass is 313 g/mol. The van der Waals surface area contributed by atoms with E-state index in [-0.39, 0.29) is 5.91 Å². The third-order valence-electron chi connectivity index (χ3n) is 4.49. The van der Waals surface area contributed by atoms with Crippen LogP contribution in [0.15, 0.2) is 28.8 Å². The number of amides is 1. The van der Waals surface area contributed by atoms with E-state index in [9.17, 15) is 4.79 Å². The van der Waals surface area contributed by atoms with Crippen LogP contribution in [0.2, 0.25) is 0 Å². The lowest BCUT2D eigenvalue weighted by molar-refractivity contribution is 0.0627. The largest absolute Gasteiger partial charge is 0.361 e. The first kappa shape index (κ1) is 15.7. The smallest absolute Gasteiger partial charge is 0.253 e. The van der Waals surface area contributed by atoms with Crippen LogP contribution in [0.3, 0.4) is 0 Å². The number of hydrogen-bond donors (Lipinski definition) is 0. The lowest BCUT2D eigenvalue weighted by Gasteiger charge is -2.34. The first-order chi connectivity index (χ1) is 11.0. The normalized spacial score (nSPS) is 15.9. The van der Waals surface area contributed by atoms with E-state index in [2.05, 4.69) is 10.1 Å². The van der Waals surface area contributed by atoms with E-state index < -0.39 is 0 Å². The molecule has 0 radical (unpaired) electrons. The fourth-order valence-electron chi connectivity index (χ4n) is 3.02. The Kier molecular flexibility index (Phi) is 4.48. The van der Waals surface area contributed by atoms with E-state index in [0.717, 1.165) is 55.3 Å². The summed E-state index contributed by atoms with van der Waals surface area (Å²) in [5, 5.41) is 4.01. The molecular weight excluding hydrogens is 290 g/mol. The Labute approximate surface area is 136 Å². The molecule has 5 heteroatoms. The maximum atomic E-state index is 12.6. The Morgan fingerprint density at radius 2 is 1.91 bits per heavy atom. The summed E-state index contributed by atoms with van der Waals surface area (Å²) >= 11 is 0. The molecule has 1 aromatic heterocycles. The predicted octanol–water partition coefficient (Wildman–Crippen LogP) is 2.56. The van der Waals surface area contributed by atoms with E-state index in [4.69, 9.17) is 4.52 Å². The summed E-state index contributed by atoms with van der Waals surface area (Å²) in [6.45, 7) is 10.1. The molecular formula is C18H23N3O2. The number of carbonyl (C=O) groups excluding carboxylic acids is 1. The molecule has 1 aliphatic heterocycles. The SMILES string of the molecule is Cc1cccc(C(=O)N2CCN(Cc3c(C)noc3C)CC2)c1. The molecule has 0 spiro atoms. The lowest BCUT2D eigenvalue weighted by Crippen LogP contribution is -2.48. The van der Waals surface area contributed by atoms with Gasteiger partial charge in [0.25, 0.3) is 5.91 Å². The van der Waals surface area contributed by atoms with Crippen LogP contribution in [-0.4, -0.2) is 47.0 Å². The maximum Gasteiger partial charge on any atom is 0.253 e. The van der Waals surface area contributed by atoms with Crippen LogP contribution in [0.1, 0.15) is 32.9 Å². The molecule has 0 N–H and O–H groups in total. The number of aromatic nitrogens is 1. The van der Waals surface area contributed by atoms with E-state index >= 15 is 0 Å². The summed E-state index contributed by atoms with van der Waals surface area (Å²) in [6.07, 6.45) is 0. The van der Waals surface area contributed by atoms with Gasteiger partial charge >= 0.3 is 0 Å². The van der Waals surface area contributed by atoms with Crippen LogP contribution < -0.4 is 0 Å². The Morgan fingerprint density at radius 1 is 1.17 bits per heavy atom. The van der Waals surface area contributed by atoms with Gasteiger partial charge in [-0.2, -0.15) is 0 Å². The molecule has 0 saturated carbocycles. The fourth-order valence-corrected chi connectivity index (χ4v) is 3.02. The quantitative estimate of drug-likeness (QED) is 0.874. The molecule has 0 aliphatic carbocycles. The van der Waals surface area contributed by atoms with Crippen molar-refractivity contribution in [2.24, 2.45) is 0 Å². The standard InChI is InChI=1S/C18H23N3O2/c1-13-5-4-6-16(11-13)18(22)21-9-7-20(8-10-21)12-17-14(2)19-23-15(17)3/h4-6,11H,7-10,12H2,1-3H3. The molecule has 2 aromatic rings. The van der Waals surface area contributed by atoms with Crippen LogP contribution in [0, 0.1) is 20.8 Å². The lowest BCUT2D eigenvalue weighted by atomic mass is 10.1. The maximum absolute atomic E-state index is 12.6. The second kappa shape index (κ2) is 6.54. The van der Waals surface area contributed by atoms with Crippen LogP contribution in [0.4, 0.5) is 0 Å². The average molecular weight is 313 g/mol. The van der Waals surface area contributed by atoms with Crippen molar-refractivity contribution in [3.8, 4) is 0 Å². The molecule has 1 aromatic carbocycles. The Balaban J connectivity index is 1.59. The highest BCUT2D eigenvalue weighted by Crippen LogP contribution is 2.17. The molecule has 1 fully saturated rings. The molecule has 1 aliphatic rings. The van der Waals surface area contributed by atoms with Crippen molar-refractivity contribution in [2.45, 2.75) is 27.3 Å². The number of rotatable bonds is 3. The third kappa shape index (κ3) is 3.45. The third-order valence-corrected chi connectivity index (χ3v) is 4.49. The zero-order valence-electron chi connectivity index (χ0n) is 14.0. The minimum atomic E-state index is 0.130. The van der Waals surface area contributed by atoms with Gasteiger partial charge in [0.2, 0.25) is 0 Å². The van der Waals surface area contributed by atoms with Crippen LogP contribution in [0.25, 0.3) is 0 Å². The first-order valence-corrected chi connectivity index (χ1v) is 8.04. The fraction of sp³-hybridized carbons (Fsp3) is 0.444. The Morgan fingerprint density at radius 3 is 2.52 bits per heavy atom. The Bertz CT molecular complexity index is 681. The average Bonchev–Trinajstić information content (AvgIpc) is 2.87. The van der Waals surface area contributed by atoms with Crippen molar-refractivity contribution < 1.29 is 9.32 Å². The van der Waals surface area contributed by atoms with Crippen molar-refractivity contribution in [1.29, 1.82) is 0 Å². The van der Waals surface area contributed by atoms with E-state index in [1.165, 1.54) is 5.56 Å². The summed E-state index contributed by atoms with van der Waals surface area (Å²) in [6, 6.07) is 7.80. The summed E-state index contributed by atoms with van der Waals surface area (Å²) < 4.78 is 5.22. The first-order valence-electron chi connectivity index (χ1n) is 8.04. The van der Waals surface area contributed by atoms with Gasteiger partial charge in [-0.05, 0) is 32.9 Å². The highest BCUT2D eigenvalue weighted by molar-refractivity contribution is 5.94. The number of piperazine rings is 1. The summed E-state index contributed by atoms with van der Waals surface area (Å²) in [5.41, 5.74) is 4.03. The van der Waals surface area contributed by atoms with Gasteiger partial charge in [0, 0.05) is 43.9 Å². The van der Waals surface area contributed by atoms with Crippen LogP contribution in [-0.2, 0) is 6.54 Å². The van der Waals surface area contributed by atoms with Crippen molar-refractivity contribution in [1.82, 2.24) is 15.0 Å². The van der Waals surface area contributed by atoms with Crippen molar-refractivity contribution in [3.05, 3.63) is 52.4 Å². The number of nitrogens with zero attached hydrogens (tertiary/aromatic N) is 3. The number of hydrogen-bond acceptors (Lipinski definition) is 4. The van der Waals surface area contributed by atoms with Gasteiger partial charge in [-0.3, -0.25) is 9.69 Å². The number of benzene rings is 1. The van der Waals surface area contributed by atoms with Crippen molar-refractivity contribution >= 4 is 5.91 Å². The molecule has 5 nitrogen and oxygen atoms in total. The number of carbonyl (C=O) groups is 1. The van der Waals surface area contributed by atoms with Crippen LogP contribution >= 0.6 is 0 Å². The molecule has 0 bridgehead atoms. The minimum Gasteiger partial charge on any atom is -0.361 e. The van der Waals surface area contributed by atoms with Crippen molar-refractivity contribution in [2.75, 3.05) is 26.2 Å². The molecule has 0 atom stereocenters. The zero-order valence-corrected chi connectivity index (χ0v) is 14.0. The summed E-state index contributed by atoms with van der Waals surface area (Å²) in [7, 11) is 0. The van der Waals surface area contributed by atoms with E-state index in [1.807, 2.05) is 49.9 Å². The zero-order chi connectivity index (χ0) is 16.4. The summed E-state index contributed by atoms with van der Waals surface area (Å²) in [5.74, 6) is 1.02. The van der Waals surface area contributed by atoms with Gasteiger partial charge in [0.1, 0.15) is 5.76 Å². The molecule has 3 rings (SSSR count). The molecule has 2 heterocycles. The second-order valence-electron chi connectivity index (χ2n) is 6.24. The van der Waals surface area contributed by atoms with Gasteiger partial charge in [0.15, 0.2) is 0 Å². The van der Waals surface area contributed by atoms with Gasteiger partial charge in [-0.25, -0.2) is 0 Å². The summed E-state index contributed by atoms with van der Waals surface area (Å²) in [4.78, 5) is 16.9. The predicted molar refractivity (Wildman–Crippen MR) is 88.3 cm³/mol. The highest BCUT2D eigenvalue weighted by atomic mass is 16.5. The molecule has 122 valence electrons. The molecule has 0 unspecified atom stereocenters. The van der Waals surface area contributed by atoms with Crippen molar-refractivity contribution in [3.63, 3.8) is 0 Å². The van der Waals surface area contributed by atoms with Crippen LogP contribution in [0.5, 0.6) is 0 Å².